The molecule has 0 heterocycles. The fraction of sp³-hybridized carbons (Fsp3) is 0.273. The molecule has 0 N–H and O–H groups in total. The Hall–Kier alpha value is -1.24. The molecule has 62 valence electrons. The molecule has 2 rings (SSSR count). The Morgan fingerprint density at radius 1 is 1.25 bits per heavy atom. The first-order valence-corrected chi connectivity index (χ1v) is 4.18. The molecule has 1 aromatic carbocycles. The number of rotatable bonds is 1. The third-order valence-electron chi connectivity index (χ3n) is 2.34. The van der Waals surface area contributed by atoms with Gasteiger partial charge < -0.3 is 4.74 Å². The number of benzene rings is 1. The predicted octanol–water partition coefficient (Wildman–Crippen LogP) is 2.79. The highest BCUT2D eigenvalue weighted by Crippen LogP contribution is 2.35. The van der Waals surface area contributed by atoms with Crippen LogP contribution in [0.15, 0.2) is 30.3 Å². The highest BCUT2D eigenvalue weighted by atomic mass is 16.5. The van der Waals surface area contributed by atoms with E-state index < -0.39 is 0 Å². The molecule has 0 saturated carbocycles. The molecule has 0 fully saturated rings. The van der Waals surface area contributed by atoms with E-state index >= 15 is 0 Å². The maximum atomic E-state index is 5.27. The van der Waals surface area contributed by atoms with E-state index in [4.69, 9.17) is 4.74 Å². The monoisotopic (exact) mass is 160 g/mol. The van der Waals surface area contributed by atoms with Crippen LogP contribution in [0.1, 0.15) is 24.0 Å². The maximum Gasteiger partial charge on any atom is 0.123 e. The second-order valence-corrected chi connectivity index (χ2v) is 3.11. The zero-order chi connectivity index (χ0) is 8.55. The lowest BCUT2D eigenvalue weighted by Crippen LogP contribution is -1.86. The molecule has 0 radical (unpaired) electrons. The normalized spacial score (nSPS) is 20.2. The number of ether oxygens (including phenoxy) is 1. The zero-order valence-electron chi connectivity index (χ0n) is 7.37. The minimum Gasteiger partial charge on any atom is -0.496 e. The van der Waals surface area contributed by atoms with E-state index in [1.165, 1.54) is 11.1 Å². The van der Waals surface area contributed by atoms with E-state index in [1.54, 1.807) is 7.11 Å². The Kier molecular flexibility index (Phi) is 1.65. The van der Waals surface area contributed by atoms with Crippen LogP contribution in [0.4, 0.5) is 0 Å². The fourth-order valence-electron chi connectivity index (χ4n) is 1.70. The SMILES string of the molecule is COC1=C[C@H](C)c2ccccc21. The number of fused-ring (bicyclic) bond motifs is 1. The van der Waals surface area contributed by atoms with E-state index in [2.05, 4.69) is 31.2 Å². The van der Waals surface area contributed by atoms with Gasteiger partial charge in [0.15, 0.2) is 0 Å². The van der Waals surface area contributed by atoms with Crippen molar-refractivity contribution in [2.75, 3.05) is 7.11 Å². The van der Waals surface area contributed by atoms with Crippen molar-refractivity contribution in [2.24, 2.45) is 0 Å². The standard InChI is InChI=1S/C11H12O/c1-8-7-11(12-2)10-6-4-3-5-9(8)10/h3-8H,1-2H3/t8-/m0/s1. The van der Waals surface area contributed by atoms with Gasteiger partial charge in [0, 0.05) is 11.5 Å². The highest BCUT2D eigenvalue weighted by molar-refractivity contribution is 5.69. The molecule has 1 nitrogen and oxygen atoms in total. The summed E-state index contributed by atoms with van der Waals surface area (Å²) in [6.45, 7) is 2.19. The van der Waals surface area contributed by atoms with Crippen molar-refractivity contribution >= 4 is 5.76 Å². The molecule has 0 spiro atoms. The van der Waals surface area contributed by atoms with Gasteiger partial charge in [0.05, 0.1) is 7.11 Å². The van der Waals surface area contributed by atoms with Crippen LogP contribution in [0.3, 0.4) is 0 Å². The average Bonchev–Trinajstić information content (AvgIpc) is 2.44. The lowest BCUT2D eigenvalue weighted by Gasteiger charge is -2.03. The van der Waals surface area contributed by atoms with Gasteiger partial charge in [-0.05, 0) is 11.6 Å². The summed E-state index contributed by atoms with van der Waals surface area (Å²) < 4.78 is 5.27. The van der Waals surface area contributed by atoms with Crippen molar-refractivity contribution in [3.63, 3.8) is 0 Å². The van der Waals surface area contributed by atoms with Crippen LogP contribution in [0, 0.1) is 0 Å². The molecule has 0 unspecified atom stereocenters. The summed E-state index contributed by atoms with van der Waals surface area (Å²) in [5, 5.41) is 0. The minimum atomic E-state index is 0.496. The van der Waals surface area contributed by atoms with Crippen molar-refractivity contribution in [1.29, 1.82) is 0 Å². The molecular weight excluding hydrogens is 148 g/mol. The van der Waals surface area contributed by atoms with Gasteiger partial charge in [-0.1, -0.05) is 31.2 Å². The molecule has 12 heavy (non-hydrogen) atoms. The van der Waals surface area contributed by atoms with Crippen molar-refractivity contribution in [2.45, 2.75) is 12.8 Å². The van der Waals surface area contributed by atoms with Crippen molar-refractivity contribution < 1.29 is 4.74 Å². The first kappa shape index (κ1) is 7.41. The lowest BCUT2D eigenvalue weighted by molar-refractivity contribution is 0.370. The van der Waals surface area contributed by atoms with E-state index in [0.29, 0.717) is 5.92 Å². The van der Waals surface area contributed by atoms with Crippen molar-refractivity contribution in [3.05, 3.63) is 41.5 Å². The summed E-state index contributed by atoms with van der Waals surface area (Å²) in [6.07, 6.45) is 2.16. The first-order valence-electron chi connectivity index (χ1n) is 4.18. The van der Waals surface area contributed by atoms with Crippen LogP contribution in [0.25, 0.3) is 5.76 Å². The molecule has 1 heteroatoms. The van der Waals surface area contributed by atoms with Crippen LogP contribution in [-0.4, -0.2) is 7.11 Å². The van der Waals surface area contributed by atoms with Crippen LogP contribution in [0.5, 0.6) is 0 Å². The Bertz CT molecular complexity index is 326. The van der Waals surface area contributed by atoms with Crippen molar-refractivity contribution in [1.82, 2.24) is 0 Å². The largest absolute Gasteiger partial charge is 0.496 e. The number of hydrogen-bond acceptors (Lipinski definition) is 1. The number of methoxy groups -OCH3 is 1. The van der Waals surface area contributed by atoms with E-state index in [9.17, 15) is 0 Å². The topological polar surface area (TPSA) is 9.23 Å². The van der Waals surface area contributed by atoms with Crippen LogP contribution in [0.2, 0.25) is 0 Å². The third kappa shape index (κ3) is 0.934. The Labute approximate surface area is 72.7 Å². The molecule has 1 aromatic rings. The number of hydrogen-bond donors (Lipinski definition) is 0. The van der Waals surface area contributed by atoms with Gasteiger partial charge in [0.25, 0.3) is 0 Å². The summed E-state index contributed by atoms with van der Waals surface area (Å²) in [4.78, 5) is 0. The molecule has 0 aromatic heterocycles. The summed E-state index contributed by atoms with van der Waals surface area (Å²) in [7, 11) is 1.72. The second kappa shape index (κ2) is 2.67. The van der Waals surface area contributed by atoms with Gasteiger partial charge in [-0.2, -0.15) is 0 Å². The third-order valence-corrected chi connectivity index (χ3v) is 2.34. The molecular formula is C11H12O. The van der Waals surface area contributed by atoms with Crippen LogP contribution in [-0.2, 0) is 4.74 Å². The van der Waals surface area contributed by atoms with E-state index in [0.717, 1.165) is 5.76 Å². The van der Waals surface area contributed by atoms with E-state index in [-0.39, 0.29) is 0 Å². The summed E-state index contributed by atoms with van der Waals surface area (Å²) in [6, 6.07) is 8.38. The summed E-state index contributed by atoms with van der Waals surface area (Å²) >= 11 is 0. The molecule has 1 aliphatic carbocycles. The summed E-state index contributed by atoms with van der Waals surface area (Å²) in [5.41, 5.74) is 2.61. The molecule has 0 amide bonds. The van der Waals surface area contributed by atoms with Gasteiger partial charge in [-0.25, -0.2) is 0 Å². The smallest absolute Gasteiger partial charge is 0.123 e. The van der Waals surface area contributed by atoms with Gasteiger partial charge in [0.2, 0.25) is 0 Å². The lowest BCUT2D eigenvalue weighted by atomic mass is 10.0. The molecule has 1 atom stereocenters. The van der Waals surface area contributed by atoms with Gasteiger partial charge in [-0.15, -0.1) is 0 Å². The zero-order valence-corrected chi connectivity index (χ0v) is 7.37. The molecule has 0 bridgehead atoms. The minimum absolute atomic E-state index is 0.496. The Morgan fingerprint density at radius 3 is 2.75 bits per heavy atom. The second-order valence-electron chi connectivity index (χ2n) is 3.11. The molecule has 0 aliphatic heterocycles. The Morgan fingerprint density at radius 2 is 2.00 bits per heavy atom. The predicted molar refractivity (Wildman–Crippen MR) is 49.8 cm³/mol. The quantitative estimate of drug-likeness (QED) is 0.613. The van der Waals surface area contributed by atoms with Crippen LogP contribution >= 0.6 is 0 Å². The maximum absolute atomic E-state index is 5.27. The average molecular weight is 160 g/mol. The van der Waals surface area contributed by atoms with Crippen molar-refractivity contribution in [3.8, 4) is 0 Å². The molecule has 0 saturated heterocycles. The van der Waals surface area contributed by atoms with Gasteiger partial charge in [0.1, 0.15) is 5.76 Å². The first-order chi connectivity index (χ1) is 5.83. The Balaban J connectivity index is 2.53. The summed E-state index contributed by atoms with van der Waals surface area (Å²) in [5.74, 6) is 1.51. The highest BCUT2D eigenvalue weighted by Gasteiger charge is 2.19. The number of allylic oxidation sites excluding steroid dienone is 1. The van der Waals surface area contributed by atoms with Crippen LogP contribution < -0.4 is 0 Å². The van der Waals surface area contributed by atoms with E-state index in [1.807, 2.05) is 6.07 Å². The van der Waals surface area contributed by atoms with Gasteiger partial charge >= 0.3 is 0 Å². The fourth-order valence-corrected chi connectivity index (χ4v) is 1.70. The molecule has 1 aliphatic rings. The van der Waals surface area contributed by atoms with Gasteiger partial charge in [-0.3, -0.25) is 0 Å².